The largest absolute Gasteiger partial charge is 0.355 e. The zero-order chi connectivity index (χ0) is 15.0. The van der Waals surface area contributed by atoms with Crippen molar-refractivity contribution in [2.75, 3.05) is 20.1 Å². The summed E-state index contributed by atoms with van der Waals surface area (Å²) in [5.74, 6) is 0.835. The lowest BCUT2D eigenvalue weighted by atomic mass is 10.1. The zero-order valence-electron chi connectivity index (χ0n) is 13.4. The predicted molar refractivity (Wildman–Crippen MR) is 87.1 cm³/mol. The third-order valence-electron chi connectivity index (χ3n) is 2.88. The van der Waals surface area contributed by atoms with Gasteiger partial charge in [-0.1, -0.05) is 29.8 Å². The van der Waals surface area contributed by atoms with Crippen LogP contribution in [0.5, 0.6) is 0 Å². The van der Waals surface area contributed by atoms with Gasteiger partial charge < -0.3 is 16.0 Å². The Morgan fingerprint density at radius 3 is 2.25 bits per heavy atom. The molecular weight excluding hydrogens is 248 g/mol. The summed E-state index contributed by atoms with van der Waals surface area (Å²) in [5.41, 5.74) is 2.69. The molecule has 4 nitrogen and oxygen atoms in total. The van der Waals surface area contributed by atoms with E-state index in [0.29, 0.717) is 0 Å². The standard InChI is InChI=1S/C16H28N4/c1-13-6-8-14(9-7-13)12-19-15(17-5)18-10-11-20-16(2,3)4/h6-9,20H,10-12H2,1-5H3,(H2,17,18,19). The second kappa shape index (κ2) is 7.90. The molecular formula is C16H28N4. The van der Waals surface area contributed by atoms with Crippen LogP contribution in [-0.2, 0) is 6.54 Å². The highest BCUT2D eigenvalue weighted by Crippen LogP contribution is 2.02. The number of rotatable bonds is 5. The molecule has 20 heavy (non-hydrogen) atoms. The van der Waals surface area contributed by atoms with Crippen LogP contribution >= 0.6 is 0 Å². The molecule has 0 aliphatic rings. The number of benzene rings is 1. The molecule has 1 aromatic carbocycles. The van der Waals surface area contributed by atoms with Gasteiger partial charge in [0.05, 0.1) is 0 Å². The number of nitrogens with zero attached hydrogens (tertiary/aromatic N) is 1. The van der Waals surface area contributed by atoms with E-state index in [2.05, 4.69) is 72.9 Å². The molecule has 0 radical (unpaired) electrons. The van der Waals surface area contributed by atoms with E-state index in [1.165, 1.54) is 11.1 Å². The van der Waals surface area contributed by atoms with E-state index >= 15 is 0 Å². The zero-order valence-corrected chi connectivity index (χ0v) is 13.4. The summed E-state index contributed by atoms with van der Waals surface area (Å²) >= 11 is 0. The van der Waals surface area contributed by atoms with E-state index in [4.69, 9.17) is 0 Å². The minimum absolute atomic E-state index is 0.153. The van der Waals surface area contributed by atoms with Crippen LogP contribution in [0.3, 0.4) is 0 Å². The van der Waals surface area contributed by atoms with Crippen molar-refractivity contribution < 1.29 is 0 Å². The van der Waals surface area contributed by atoms with Gasteiger partial charge >= 0.3 is 0 Å². The van der Waals surface area contributed by atoms with Crippen molar-refractivity contribution in [3.8, 4) is 0 Å². The Balaban J connectivity index is 2.28. The van der Waals surface area contributed by atoms with E-state index in [1.54, 1.807) is 7.05 Å². The maximum atomic E-state index is 4.22. The van der Waals surface area contributed by atoms with E-state index in [1.807, 2.05) is 0 Å². The molecule has 0 atom stereocenters. The Labute approximate surface area is 123 Å². The summed E-state index contributed by atoms with van der Waals surface area (Å²) in [6, 6.07) is 8.52. The van der Waals surface area contributed by atoms with Crippen LogP contribution in [0.1, 0.15) is 31.9 Å². The molecule has 0 amide bonds. The van der Waals surface area contributed by atoms with Gasteiger partial charge in [-0.15, -0.1) is 0 Å². The van der Waals surface area contributed by atoms with Crippen LogP contribution in [0.2, 0.25) is 0 Å². The second-order valence-corrected chi connectivity index (χ2v) is 6.01. The van der Waals surface area contributed by atoms with Gasteiger partial charge in [0.15, 0.2) is 5.96 Å². The minimum Gasteiger partial charge on any atom is -0.355 e. The van der Waals surface area contributed by atoms with Crippen LogP contribution < -0.4 is 16.0 Å². The molecule has 0 bridgehead atoms. The van der Waals surface area contributed by atoms with Gasteiger partial charge in [0.2, 0.25) is 0 Å². The first-order chi connectivity index (χ1) is 9.40. The molecule has 0 spiro atoms. The van der Waals surface area contributed by atoms with E-state index < -0.39 is 0 Å². The van der Waals surface area contributed by atoms with Gasteiger partial charge in [0.25, 0.3) is 0 Å². The fourth-order valence-electron chi connectivity index (χ4n) is 1.73. The molecule has 0 aromatic heterocycles. The van der Waals surface area contributed by atoms with E-state index in [9.17, 15) is 0 Å². The van der Waals surface area contributed by atoms with Crippen molar-refractivity contribution in [3.63, 3.8) is 0 Å². The van der Waals surface area contributed by atoms with Crippen molar-refractivity contribution in [3.05, 3.63) is 35.4 Å². The number of hydrogen-bond acceptors (Lipinski definition) is 2. The van der Waals surface area contributed by atoms with E-state index in [-0.39, 0.29) is 5.54 Å². The van der Waals surface area contributed by atoms with Crippen molar-refractivity contribution >= 4 is 5.96 Å². The number of nitrogens with one attached hydrogen (secondary N) is 3. The highest BCUT2D eigenvalue weighted by molar-refractivity contribution is 5.79. The highest BCUT2D eigenvalue weighted by Gasteiger charge is 2.07. The first-order valence-electron chi connectivity index (χ1n) is 7.16. The first kappa shape index (κ1) is 16.5. The molecule has 112 valence electrons. The molecule has 0 fully saturated rings. The van der Waals surface area contributed by atoms with Gasteiger partial charge in [0.1, 0.15) is 0 Å². The minimum atomic E-state index is 0.153. The predicted octanol–water partition coefficient (Wildman–Crippen LogP) is 2.05. The lowest BCUT2D eigenvalue weighted by molar-refractivity contribution is 0.428. The highest BCUT2D eigenvalue weighted by atomic mass is 15.2. The number of guanidine groups is 1. The van der Waals surface area contributed by atoms with Gasteiger partial charge in [-0.2, -0.15) is 0 Å². The smallest absolute Gasteiger partial charge is 0.191 e. The molecule has 1 aromatic rings. The van der Waals surface area contributed by atoms with Crippen LogP contribution in [-0.4, -0.2) is 31.6 Å². The maximum Gasteiger partial charge on any atom is 0.191 e. The Morgan fingerprint density at radius 1 is 1.05 bits per heavy atom. The summed E-state index contributed by atoms with van der Waals surface area (Å²) in [6.45, 7) is 11.1. The molecule has 0 unspecified atom stereocenters. The number of hydrogen-bond donors (Lipinski definition) is 3. The summed E-state index contributed by atoms with van der Waals surface area (Å²) in [6.07, 6.45) is 0. The van der Waals surface area contributed by atoms with Gasteiger partial charge in [-0.25, -0.2) is 0 Å². The number of aliphatic imine (C=N–C) groups is 1. The third kappa shape index (κ3) is 7.14. The van der Waals surface area contributed by atoms with Crippen LogP contribution in [0.15, 0.2) is 29.3 Å². The molecule has 1 rings (SSSR count). The lowest BCUT2D eigenvalue weighted by Gasteiger charge is -2.21. The van der Waals surface area contributed by atoms with Crippen LogP contribution in [0.25, 0.3) is 0 Å². The Bertz CT molecular complexity index is 415. The van der Waals surface area contributed by atoms with Gasteiger partial charge in [-0.3, -0.25) is 4.99 Å². The van der Waals surface area contributed by atoms with Crippen molar-refractivity contribution in [1.82, 2.24) is 16.0 Å². The monoisotopic (exact) mass is 276 g/mol. The molecule has 4 heteroatoms. The average Bonchev–Trinajstić information content (AvgIpc) is 2.39. The third-order valence-corrected chi connectivity index (χ3v) is 2.88. The topological polar surface area (TPSA) is 48.5 Å². The summed E-state index contributed by atoms with van der Waals surface area (Å²) in [7, 11) is 1.79. The normalized spacial score (nSPS) is 12.3. The molecule has 0 aliphatic carbocycles. The molecule has 0 saturated heterocycles. The molecule has 0 aliphatic heterocycles. The van der Waals surface area contributed by atoms with Crippen molar-refractivity contribution in [1.29, 1.82) is 0 Å². The van der Waals surface area contributed by atoms with Crippen LogP contribution in [0.4, 0.5) is 0 Å². The SMILES string of the molecule is CN=C(NCCNC(C)(C)C)NCc1ccc(C)cc1. The fourth-order valence-corrected chi connectivity index (χ4v) is 1.73. The summed E-state index contributed by atoms with van der Waals surface area (Å²) < 4.78 is 0. The first-order valence-corrected chi connectivity index (χ1v) is 7.16. The number of aryl methyl sites for hydroxylation is 1. The lowest BCUT2D eigenvalue weighted by Crippen LogP contribution is -2.44. The van der Waals surface area contributed by atoms with E-state index in [0.717, 1.165) is 25.6 Å². The summed E-state index contributed by atoms with van der Waals surface area (Å²) in [4.78, 5) is 4.22. The summed E-state index contributed by atoms with van der Waals surface area (Å²) in [5, 5.41) is 10.0. The quantitative estimate of drug-likeness (QED) is 0.438. The van der Waals surface area contributed by atoms with Gasteiger partial charge in [-0.05, 0) is 33.3 Å². The molecule has 3 N–H and O–H groups in total. The Hall–Kier alpha value is -1.55. The molecule has 0 saturated carbocycles. The van der Waals surface area contributed by atoms with Gasteiger partial charge in [0, 0.05) is 32.2 Å². The average molecular weight is 276 g/mol. The Kier molecular flexibility index (Phi) is 6.52. The second-order valence-electron chi connectivity index (χ2n) is 6.01. The fraction of sp³-hybridized carbons (Fsp3) is 0.562. The maximum absolute atomic E-state index is 4.22. The van der Waals surface area contributed by atoms with Crippen LogP contribution in [0, 0.1) is 6.92 Å². The van der Waals surface area contributed by atoms with Crippen molar-refractivity contribution in [2.45, 2.75) is 39.8 Å². The Morgan fingerprint density at radius 2 is 1.70 bits per heavy atom. The van der Waals surface area contributed by atoms with Crippen molar-refractivity contribution in [2.24, 2.45) is 4.99 Å². The molecule has 0 heterocycles.